The Hall–Kier alpha value is -2.93. The van der Waals surface area contributed by atoms with E-state index in [-0.39, 0.29) is 6.04 Å². The highest BCUT2D eigenvalue weighted by Gasteiger charge is 2.33. The Bertz CT molecular complexity index is 884. The molecule has 2 aromatic heterocycles. The second-order valence-corrected chi connectivity index (χ2v) is 6.88. The molecule has 0 radical (unpaired) electrons. The lowest BCUT2D eigenvalue weighted by Gasteiger charge is -2.17. The van der Waals surface area contributed by atoms with E-state index in [9.17, 15) is 5.11 Å². The van der Waals surface area contributed by atoms with Gasteiger partial charge in [0.05, 0.1) is 31.3 Å². The molecule has 1 aliphatic rings. The summed E-state index contributed by atoms with van der Waals surface area (Å²) in [6, 6.07) is 9.55. The lowest BCUT2D eigenvalue weighted by molar-refractivity contribution is 0.166. The minimum atomic E-state index is -0.419. The van der Waals surface area contributed by atoms with Crippen LogP contribution in [0.15, 0.2) is 55.2 Å². The van der Waals surface area contributed by atoms with Crippen molar-refractivity contribution in [3.63, 3.8) is 0 Å². The number of benzene rings is 1. The molecule has 3 atom stereocenters. The summed E-state index contributed by atoms with van der Waals surface area (Å²) in [5.74, 6) is 1.68. The van der Waals surface area contributed by atoms with Crippen molar-refractivity contribution in [1.29, 1.82) is 0 Å². The molecule has 140 valence electrons. The molecular formula is C20H23N5O2. The summed E-state index contributed by atoms with van der Waals surface area (Å²) in [6.45, 7) is 0.858. The first-order valence-electron chi connectivity index (χ1n) is 9.09. The maximum Gasteiger partial charge on any atom is 0.223 e. The van der Waals surface area contributed by atoms with Crippen LogP contribution in [-0.2, 0) is 6.54 Å². The molecule has 1 saturated carbocycles. The van der Waals surface area contributed by atoms with Crippen LogP contribution in [0, 0.1) is 5.92 Å². The molecule has 2 heterocycles. The molecule has 1 aliphatic carbocycles. The number of nitrogens with zero attached hydrogens (tertiary/aromatic N) is 4. The Kier molecular flexibility index (Phi) is 5.02. The minimum Gasteiger partial charge on any atom is -0.496 e. The number of anilines is 1. The van der Waals surface area contributed by atoms with Gasteiger partial charge in [0.25, 0.3) is 0 Å². The zero-order chi connectivity index (χ0) is 18.6. The zero-order valence-electron chi connectivity index (χ0n) is 15.2. The van der Waals surface area contributed by atoms with E-state index in [1.165, 1.54) is 0 Å². The molecule has 27 heavy (non-hydrogen) atoms. The number of hydrogen-bond acceptors (Lipinski definition) is 6. The zero-order valence-corrected chi connectivity index (χ0v) is 15.2. The largest absolute Gasteiger partial charge is 0.496 e. The third kappa shape index (κ3) is 3.93. The Labute approximate surface area is 158 Å². The van der Waals surface area contributed by atoms with Gasteiger partial charge in [-0.15, -0.1) is 0 Å². The van der Waals surface area contributed by atoms with Crippen LogP contribution in [0.1, 0.15) is 12.8 Å². The number of hydrogen-bond donors (Lipinski definition) is 2. The molecule has 0 bridgehead atoms. The molecule has 3 aromatic rings. The topological polar surface area (TPSA) is 85.1 Å². The number of nitrogens with one attached hydrogen (secondary N) is 1. The summed E-state index contributed by atoms with van der Waals surface area (Å²) in [7, 11) is 1.65. The van der Waals surface area contributed by atoms with Gasteiger partial charge in [-0.25, -0.2) is 15.0 Å². The van der Waals surface area contributed by atoms with E-state index in [1.54, 1.807) is 19.5 Å². The first-order chi connectivity index (χ1) is 13.2. The number of rotatable bonds is 6. The van der Waals surface area contributed by atoms with Crippen molar-refractivity contribution < 1.29 is 9.84 Å². The van der Waals surface area contributed by atoms with Crippen LogP contribution in [0.25, 0.3) is 11.3 Å². The molecule has 0 spiro atoms. The van der Waals surface area contributed by atoms with Crippen LogP contribution in [0.2, 0.25) is 0 Å². The monoisotopic (exact) mass is 365 g/mol. The minimum absolute atomic E-state index is 0.0635. The highest BCUT2D eigenvalue weighted by Crippen LogP contribution is 2.31. The molecule has 0 aliphatic heterocycles. The number of methoxy groups -OCH3 is 1. The van der Waals surface area contributed by atoms with Gasteiger partial charge in [-0.05, 0) is 37.0 Å². The van der Waals surface area contributed by atoms with Gasteiger partial charge in [-0.1, -0.05) is 12.1 Å². The van der Waals surface area contributed by atoms with E-state index in [1.807, 2.05) is 42.9 Å². The van der Waals surface area contributed by atoms with Gasteiger partial charge in [0.1, 0.15) is 5.75 Å². The molecule has 2 N–H and O–H groups in total. The second kappa shape index (κ2) is 7.75. The number of imidazole rings is 1. The van der Waals surface area contributed by atoms with E-state index < -0.39 is 6.10 Å². The highest BCUT2D eigenvalue weighted by atomic mass is 16.5. The van der Waals surface area contributed by atoms with Gasteiger partial charge in [0, 0.05) is 30.7 Å². The number of aliphatic hydroxyl groups is 1. The smallest absolute Gasteiger partial charge is 0.223 e. The fraction of sp³-hybridized carbons (Fsp3) is 0.350. The van der Waals surface area contributed by atoms with Crippen molar-refractivity contribution in [1.82, 2.24) is 19.5 Å². The molecule has 1 unspecified atom stereocenters. The average Bonchev–Trinajstić information content (AvgIpc) is 3.32. The van der Waals surface area contributed by atoms with Crippen LogP contribution >= 0.6 is 0 Å². The van der Waals surface area contributed by atoms with Crippen molar-refractivity contribution in [3.8, 4) is 17.0 Å². The molecule has 0 saturated heterocycles. The predicted molar refractivity (Wildman–Crippen MR) is 102 cm³/mol. The van der Waals surface area contributed by atoms with Gasteiger partial charge >= 0.3 is 0 Å². The van der Waals surface area contributed by atoms with Crippen LogP contribution < -0.4 is 10.1 Å². The van der Waals surface area contributed by atoms with Crippen LogP contribution in [0.3, 0.4) is 0 Å². The lowest BCUT2D eigenvalue weighted by atomic mass is 10.1. The Morgan fingerprint density at radius 1 is 1.22 bits per heavy atom. The maximum atomic E-state index is 10.5. The van der Waals surface area contributed by atoms with Gasteiger partial charge in [-0.2, -0.15) is 0 Å². The van der Waals surface area contributed by atoms with E-state index in [4.69, 9.17) is 4.74 Å². The van der Waals surface area contributed by atoms with Crippen LogP contribution in [0.5, 0.6) is 5.75 Å². The molecule has 7 nitrogen and oxygen atoms in total. The van der Waals surface area contributed by atoms with Gasteiger partial charge in [-0.3, -0.25) is 0 Å². The maximum absolute atomic E-state index is 10.5. The summed E-state index contributed by atoms with van der Waals surface area (Å²) in [4.78, 5) is 13.0. The van der Waals surface area contributed by atoms with E-state index in [2.05, 4.69) is 24.8 Å². The number of aliphatic hydroxyl groups excluding tert-OH is 1. The van der Waals surface area contributed by atoms with Crippen LogP contribution in [0.4, 0.5) is 5.95 Å². The molecule has 0 amide bonds. The third-order valence-electron chi connectivity index (χ3n) is 5.01. The van der Waals surface area contributed by atoms with Crippen molar-refractivity contribution in [2.45, 2.75) is 31.5 Å². The molecular weight excluding hydrogens is 342 g/mol. The van der Waals surface area contributed by atoms with Crippen molar-refractivity contribution in [2.75, 3.05) is 12.4 Å². The third-order valence-corrected chi connectivity index (χ3v) is 5.01. The molecule has 4 rings (SSSR count). The average molecular weight is 365 g/mol. The van der Waals surface area contributed by atoms with Crippen LogP contribution in [-0.4, -0.2) is 43.9 Å². The summed E-state index contributed by atoms with van der Waals surface area (Å²) < 4.78 is 7.48. The summed E-state index contributed by atoms with van der Waals surface area (Å²) >= 11 is 0. The standard InChI is InChI=1S/C20H23N5O2/c1-27-19-5-3-2-4-15(19)16-6-7-22-20(23-16)24-17-10-14(11-18(17)26)12-25-9-8-21-13-25/h2-9,13-14,17-18,26H,10-12H2,1H3,(H,22,23,24)/t14?,17-,18-/m1/s1. The van der Waals surface area contributed by atoms with Crippen molar-refractivity contribution in [3.05, 3.63) is 55.2 Å². The van der Waals surface area contributed by atoms with Gasteiger partial charge in [0.2, 0.25) is 5.95 Å². The van der Waals surface area contributed by atoms with E-state index in [0.29, 0.717) is 11.9 Å². The summed E-state index contributed by atoms with van der Waals surface area (Å²) in [5.41, 5.74) is 1.70. The molecule has 1 aromatic carbocycles. The Morgan fingerprint density at radius 3 is 2.93 bits per heavy atom. The lowest BCUT2D eigenvalue weighted by Crippen LogP contribution is -2.28. The number of aromatic nitrogens is 4. The number of ether oxygens (including phenoxy) is 1. The van der Waals surface area contributed by atoms with Crippen molar-refractivity contribution >= 4 is 5.95 Å². The SMILES string of the molecule is COc1ccccc1-c1ccnc(N[C@@H]2CC(Cn3ccnc3)C[C@H]2O)n1. The first-order valence-corrected chi connectivity index (χ1v) is 9.09. The quantitative estimate of drug-likeness (QED) is 0.698. The Balaban J connectivity index is 1.47. The fourth-order valence-electron chi connectivity index (χ4n) is 3.72. The molecule has 1 fully saturated rings. The summed E-state index contributed by atoms with van der Waals surface area (Å²) in [6.07, 6.45) is 8.46. The van der Waals surface area contributed by atoms with E-state index in [0.717, 1.165) is 36.4 Å². The van der Waals surface area contributed by atoms with E-state index >= 15 is 0 Å². The first kappa shape index (κ1) is 17.5. The van der Waals surface area contributed by atoms with Crippen molar-refractivity contribution in [2.24, 2.45) is 5.92 Å². The normalized spacial score (nSPS) is 21.9. The van der Waals surface area contributed by atoms with Gasteiger partial charge < -0.3 is 19.7 Å². The van der Waals surface area contributed by atoms with Gasteiger partial charge in [0.15, 0.2) is 0 Å². The Morgan fingerprint density at radius 2 is 2.11 bits per heavy atom. The summed E-state index contributed by atoms with van der Waals surface area (Å²) in [5, 5.41) is 13.8. The fourth-order valence-corrected chi connectivity index (χ4v) is 3.72. The predicted octanol–water partition coefficient (Wildman–Crippen LogP) is 2.60. The highest BCUT2D eigenvalue weighted by molar-refractivity contribution is 5.67. The molecule has 7 heteroatoms. The number of para-hydroxylation sites is 1. The second-order valence-electron chi connectivity index (χ2n) is 6.88.